The molecule has 18 heteroatoms. The number of allylic oxidation sites excluding steroid dienone is 2. The van der Waals surface area contributed by atoms with E-state index in [4.69, 9.17) is 29.4 Å². The predicted molar refractivity (Wildman–Crippen MR) is 225 cm³/mol. The maximum absolute atomic E-state index is 14.0. The predicted octanol–water partition coefficient (Wildman–Crippen LogP) is 3.50. The lowest BCUT2D eigenvalue weighted by molar-refractivity contribution is -0.249. The van der Waals surface area contributed by atoms with E-state index in [9.17, 15) is 49.5 Å². The summed E-state index contributed by atoms with van der Waals surface area (Å²) in [4.78, 5) is 66.9. The summed E-state index contributed by atoms with van der Waals surface area (Å²) >= 11 is 0. The van der Waals surface area contributed by atoms with Crippen LogP contribution in [0, 0.1) is 13.8 Å². The van der Waals surface area contributed by atoms with Crippen molar-refractivity contribution in [3.8, 4) is 23.0 Å². The number of nitrogens with two attached hydrogens (primary N) is 1. The van der Waals surface area contributed by atoms with E-state index < -0.39 is 108 Å². The molecule has 1 saturated heterocycles. The lowest BCUT2D eigenvalue weighted by Gasteiger charge is -2.42. The Morgan fingerprint density at radius 3 is 2.30 bits per heavy atom. The van der Waals surface area contributed by atoms with Gasteiger partial charge in [-0.25, -0.2) is 9.59 Å². The molecule has 1 heterocycles. The van der Waals surface area contributed by atoms with Crippen LogP contribution in [0.1, 0.15) is 111 Å². The van der Waals surface area contributed by atoms with Crippen molar-refractivity contribution in [3.05, 3.63) is 92.6 Å². The van der Waals surface area contributed by atoms with Crippen LogP contribution in [0.5, 0.6) is 23.0 Å². The van der Waals surface area contributed by atoms with Gasteiger partial charge in [0, 0.05) is 48.0 Å². The molecule has 0 bridgehead atoms. The molecule has 8 atom stereocenters. The largest absolute Gasteiger partial charge is 0.507 e. The van der Waals surface area contributed by atoms with Crippen LogP contribution >= 0.6 is 0 Å². The number of aliphatic hydroxyl groups excluding tert-OH is 2. The maximum atomic E-state index is 14.0. The summed E-state index contributed by atoms with van der Waals surface area (Å²) in [5.74, 6) is -3.82. The van der Waals surface area contributed by atoms with Crippen molar-refractivity contribution in [1.29, 1.82) is 0 Å². The third kappa shape index (κ3) is 8.93. The first kappa shape index (κ1) is 46.1. The SMILES string of the molecule is COc1cccc2c1C(=O)c1c(O)c3c(c(O)c1C2=O)CC(O)(C(=O)CO)CC3OC1CC(NC(=O)OCc2cc(C)c(OC(=O)NC3CCC=CCCC3N)c(C)c2)C(O)C(C)O1. The molecule has 3 aromatic rings. The molecule has 1 fully saturated rings. The van der Waals surface area contributed by atoms with Crippen LogP contribution in [0.25, 0.3) is 0 Å². The van der Waals surface area contributed by atoms with Gasteiger partial charge < -0.3 is 65.6 Å². The monoisotopic (exact) mass is 887 g/mol. The number of hydrogen-bond donors (Lipinski definition) is 8. The Labute approximate surface area is 368 Å². The molecule has 4 aliphatic rings. The number of carbonyl (C=O) groups is 5. The van der Waals surface area contributed by atoms with Gasteiger partial charge in [0.2, 0.25) is 5.78 Å². The molecular formula is C46H53N3O15. The number of Topliss-reactive ketones (excluding diaryl/α,β-unsaturated/α-hetero) is 1. The zero-order valence-corrected chi connectivity index (χ0v) is 35.8. The van der Waals surface area contributed by atoms with E-state index in [0.717, 1.165) is 19.3 Å². The number of benzene rings is 3. The van der Waals surface area contributed by atoms with Gasteiger partial charge in [0.1, 0.15) is 47.9 Å². The van der Waals surface area contributed by atoms with Crippen molar-refractivity contribution in [1.82, 2.24) is 10.6 Å². The number of methoxy groups -OCH3 is 1. The summed E-state index contributed by atoms with van der Waals surface area (Å²) in [6.07, 6.45) is -0.875. The summed E-state index contributed by atoms with van der Waals surface area (Å²) < 4.78 is 28.7. The van der Waals surface area contributed by atoms with Crippen LogP contribution in [-0.2, 0) is 32.0 Å². The number of aromatic hydroxyl groups is 2. The Hall–Kier alpha value is -5.89. The Bertz CT molecular complexity index is 2380. The fourth-order valence-electron chi connectivity index (χ4n) is 9.15. The summed E-state index contributed by atoms with van der Waals surface area (Å²) in [5.41, 5.74) is 3.93. The van der Waals surface area contributed by atoms with Crippen molar-refractivity contribution < 1.29 is 73.2 Å². The van der Waals surface area contributed by atoms with Gasteiger partial charge >= 0.3 is 12.2 Å². The number of phenols is 2. The third-order valence-electron chi connectivity index (χ3n) is 12.4. The van der Waals surface area contributed by atoms with E-state index >= 15 is 0 Å². The molecule has 64 heavy (non-hydrogen) atoms. The Kier molecular flexibility index (Phi) is 13.5. The number of nitrogens with one attached hydrogen (secondary N) is 2. The smallest absolute Gasteiger partial charge is 0.412 e. The summed E-state index contributed by atoms with van der Waals surface area (Å²) in [6, 6.07) is 6.21. The molecular weight excluding hydrogens is 835 g/mol. The molecule has 1 aliphatic heterocycles. The van der Waals surface area contributed by atoms with Crippen LogP contribution in [0.3, 0.4) is 0 Å². The van der Waals surface area contributed by atoms with E-state index in [1.54, 1.807) is 26.0 Å². The van der Waals surface area contributed by atoms with Gasteiger partial charge in [0.15, 0.2) is 17.9 Å². The first-order valence-corrected chi connectivity index (χ1v) is 21.1. The second-order valence-electron chi connectivity index (χ2n) is 16.8. The second kappa shape index (κ2) is 18.7. The van der Waals surface area contributed by atoms with Crippen molar-refractivity contribution >= 4 is 29.5 Å². The molecule has 0 saturated carbocycles. The summed E-state index contributed by atoms with van der Waals surface area (Å²) in [5, 5.41) is 61.5. The molecule has 2 amide bonds. The van der Waals surface area contributed by atoms with Crippen molar-refractivity contribution in [2.45, 2.75) is 121 Å². The number of aliphatic hydroxyl groups is 3. The van der Waals surface area contributed by atoms with E-state index in [2.05, 4.69) is 22.8 Å². The van der Waals surface area contributed by atoms with Gasteiger partial charge in [-0.05, 0) is 81.3 Å². The molecule has 0 spiro atoms. The number of ketones is 3. The number of ether oxygens (including phenoxy) is 5. The van der Waals surface area contributed by atoms with Crippen molar-refractivity contribution in [2.75, 3.05) is 13.7 Å². The molecule has 3 aliphatic carbocycles. The van der Waals surface area contributed by atoms with Crippen LogP contribution < -0.4 is 25.8 Å². The van der Waals surface area contributed by atoms with Gasteiger partial charge in [0.05, 0.1) is 42.0 Å². The Morgan fingerprint density at radius 1 is 0.938 bits per heavy atom. The molecule has 342 valence electrons. The van der Waals surface area contributed by atoms with Crippen LogP contribution in [0.2, 0.25) is 0 Å². The van der Waals surface area contributed by atoms with Crippen LogP contribution in [0.15, 0.2) is 42.5 Å². The van der Waals surface area contributed by atoms with Gasteiger partial charge in [-0.2, -0.15) is 0 Å². The Balaban J connectivity index is 1.06. The van der Waals surface area contributed by atoms with Gasteiger partial charge in [-0.1, -0.05) is 24.3 Å². The first-order chi connectivity index (χ1) is 30.5. The molecule has 0 radical (unpaired) electrons. The van der Waals surface area contributed by atoms with Crippen molar-refractivity contribution in [3.63, 3.8) is 0 Å². The number of carbonyl (C=O) groups excluding carboxylic acids is 5. The molecule has 0 aromatic heterocycles. The average Bonchev–Trinajstić information content (AvgIpc) is 3.25. The number of fused-ring (bicyclic) bond motifs is 3. The minimum Gasteiger partial charge on any atom is -0.507 e. The zero-order chi connectivity index (χ0) is 46.2. The third-order valence-corrected chi connectivity index (χ3v) is 12.4. The standard InChI is InChI=1S/C46H53N3O15/c1-21-14-24(15-22(2)43(21)64-45(58)48-28-12-8-6-5-7-11-27(28)47)20-61-44(57)49-29-16-33(62-23(3)38(29)52)63-31-18-46(59,32(51)19-50)17-26-35(31)42(56)37-36(40(26)54)39(53)25-10-9-13-30(60-4)34(25)41(37)55/h5-6,9-10,13-15,23,27-29,31,33,38,50,52,54,56,59H,7-8,11-12,16-20,47H2,1-4H3,(H,48,58)(H,49,57). The minimum atomic E-state index is -2.37. The normalized spacial score (nSPS) is 26.3. The zero-order valence-electron chi connectivity index (χ0n) is 35.8. The average molecular weight is 888 g/mol. The first-order valence-electron chi connectivity index (χ1n) is 21.1. The van der Waals surface area contributed by atoms with E-state index in [-0.39, 0.29) is 53.1 Å². The fraction of sp³-hybridized carbons (Fsp3) is 0.457. The van der Waals surface area contributed by atoms with Crippen LogP contribution in [-0.4, -0.2) is 111 Å². The quantitative estimate of drug-likeness (QED) is 0.0836. The maximum Gasteiger partial charge on any atom is 0.412 e. The highest BCUT2D eigenvalue weighted by atomic mass is 16.7. The minimum absolute atomic E-state index is 0.0488. The fourth-order valence-corrected chi connectivity index (χ4v) is 9.15. The van der Waals surface area contributed by atoms with E-state index in [1.165, 1.54) is 32.2 Å². The molecule has 3 aromatic carbocycles. The van der Waals surface area contributed by atoms with Gasteiger partial charge in [0.25, 0.3) is 0 Å². The highest BCUT2D eigenvalue weighted by Crippen LogP contribution is 2.52. The number of phenolic OH excluding ortho intramolecular Hbond substituents is 2. The molecule has 7 rings (SSSR count). The Morgan fingerprint density at radius 2 is 1.61 bits per heavy atom. The highest BCUT2D eigenvalue weighted by Gasteiger charge is 2.50. The molecule has 9 N–H and O–H groups in total. The number of alkyl carbamates (subject to hydrolysis) is 1. The number of hydrogen-bond acceptors (Lipinski definition) is 16. The number of amides is 2. The van der Waals surface area contributed by atoms with E-state index in [1.807, 2.05) is 0 Å². The number of aryl methyl sites for hydroxylation is 2. The van der Waals surface area contributed by atoms with E-state index in [0.29, 0.717) is 28.9 Å². The van der Waals surface area contributed by atoms with Gasteiger partial charge in [-0.15, -0.1) is 0 Å². The topological polar surface area (TPSA) is 283 Å². The highest BCUT2D eigenvalue weighted by molar-refractivity contribution is 6.31. The number of rotatable bonds is 10. The molecule has 8 unspecified atom stereocenters. The summed E-state index contributed by atoms with van der Waals surface area (Å²) in [6.45, 7) is 3.72. The van der Waals surface area contributed by atoms with Crippen molar-refractivity contribution in [2.24, 2.45) is 5.73 Å². The second-order valence-corrected chi connectivity index (χ2v) is 16.8. The lowest BCUT2D eigenvalue weighted by atomic mass is 9.72. The lowest BCUT2D eigenvalue weighted by Crippen LogP contribution is -2.56. The summed E-state index contributed by atoms with van der Waals surface area (Å²) in [7, 11) is 1.30. The molecule has 18 nitrogen and oxygen atoms in total. The van der Waals surface area contributed by atoms with Gasteiger partial charge in [-0.3, -0.25) is 14.4 Å². The van der Waals surface area contributed by atoms with Crippen LogP contribution in [0.4, 0.5) is 9.59 Å².